The number of hydrogen-bond donors (Lipinski definition) is 1. The second kappa shape index (κ2) is 5.08. The van der Waals surface area contributed by atoms with E-state index >= 15 is 0 Å². The predicted molar refractivity (Wildman–Crippen MR) is 75.2 cm³/mol. The van der Waals surface area contributed by atoms with E-state index in [2.05, 4.69) is 11.9 Å². The molecule has 1 fully saturated rings. The molecular weight excluding hydrogens is 248 g/mol. The molecule has 0 bridgehead atoms. The number of benzene rings is 1. The summed E-state index contributed by atoms with van der Waals surface area (Å²) >= 11 is 6.11. The van der Waals surface area contributed by atoms with Crippen LogP contribution in [0.25, 0.3) is 0 Å². The molecule has 0 aliphatic heterocycles. The van der Waals surface area contributed by atoms with Gasteiger partial charge in [-0.15, -0.1) is 0 Å². The van der Waals surface area contributed by atoms with Gasteiger partial charge >= 0.3 is 0 Å². The molecule has 0 heterocycles. The highest BCUT2D eigenvalue weighted by Gasteiger charge is 2.38. The van der Waals surface area contributed by atoms with Crippen molar-refractivity contribution in [2.75, 3.05) is 20.7 Å². The van der Waals surface area contributed by atoms with Crippen molar-refractivity contribution in [3.05, 3.63) is 28.3 Å². The lowest BCUT2D eigenvalue weighted by Crippen LogP contribution is -2.36. The summed E-state index contributed by atoms with van der Waals surface area (Å²) in [4.78, 5) is 2.24. The summed E-state index contributed by atoms with van der Waals surface area (Å²) in [7, 11) is 3.79. The normalized spacial score (nSPS) is 17.0. The molecule has 2 N–H and O–H groups in total. The highest BCUT2D eigenvalue weighted by Crippen LogP contribution is 2.34. The van der Waals surface area contributed by atoms with Crippen LogP contribution in [0, 0.1) is 6.92 Å². The first-order valence-electron chi connectivity index (χ1n) is 6.24. The summed E-state index contributed by atoms with van der Waals surface area (Å²) in [5, 5.41) is 0.755. The number of methoxy groups -OCH3 is 1. The van der Waals surface area contributed by atoms with Crippen LogP contribution in [-0.4, -0.2) is 31.1 Å². The van der Waals surface area contributed by atoms with Gasteiger partial charge in [-0.1, -0.05) is 11.6 Å². The summed E-state index contributed by atoms with van der Waals surface area (Å²) in [6.07, 6.45) is 2.26. The maximum atomic E-state index is 6.13. The minimum Gasteiger partial charge on any atom is -0.496 e. The van der Waals surface area contributed by atoms with Gasteiger partial charge in [-0.25, -0.2) is 0 Å². The number of aryl methyl sites for hydroxylation is 1. The SMILES string of the molecule is COc1c(C)cc(Cl)cc1CN(C)CC1(N)CC1. The Morgan fingerprint density at radius 1 is 1.44 bits per heavy atom. The van der Waals surface area contributed by atoms with Gasteiger partial charge < -0.3 is 15.4 Å². The topological polar surface area (TPSA) is 38.5 Å². The van der Waals surface area contributed by atoms with Gasteiger partial charge in [0.15, 0.2) is 0 Å². The van der Waals surface area contributed by atoms with Gasteiger partial charge in [0.2, 0.25) is 0 Å². The Bertz CT molecular complexity index is 444. The highest BCUT2D eigenvalue weighted by atomic mass is 35.5. The van der Waals surface area contributed by atoms with Gasteiger partial charge in [-0.2, -0.15) is 0 Å². The van der Waals surface area contributed by atoms with E-state index in [1.807, 2.05) is 19.1 Å². The Hall–Kier alpha value is -0.770. The van der Waals surface area contributed by atoms with Gasteiger partial charge in [-0.3, -0.25) is 0 Å². The van der Waals surface area contributed by atoms with Crippen LogP contribution in [0.4, 0.5) is 0 Å². The van der Waals surface area contributed by atoms with Crippen LogP contribution >= 0.6 is 11.6 Å². The quantitative estimate of drug-likeness (QED) is 0.892. The van der Waals surface area contributed by atoms with Gasteiger partial charge in [0.05, 0.1) is 7.11 Å². The maximum Gasteiger partial charge on any atom is 0.126 e. The first-order valence-corrected chi connectivity index (χ1v) is 6.62. The molecule has 1 aliphatic rings. The smallest absolute Gasteiger partial charge is 0.126 e. The molecule has 1 saturated carbocycles. The number of hydrogen-bond acceptors (Lipinski definition) is 3. The Labute approximate surface area is 114 Å². The highest BCUT2D eigenvalue weighted by molar-refractivity contribution is 6.30. The summed E-state index contributed by atoms with van der Waals surface area (Å²) in [5.41, 5.74) is 8.36. The molecule has 0 atom stereocenters. The van der Waals surface area contributed by atoms with Gasteiger partial charge in [0.1, 0.15) is 5.75 Å². The Morgan fingerprint density at radius 2 is 2.11 bits per heavy atom. The van der Waals surface area contributed by atoms with Crippen molar-refractivity contribution in [1.29, 1.82) is 0 Å². The lowest BCUT2D eigenvalue weighted by atomic mass is 10.1. The predicted octanol–water partition coefficient (Wildman–Crippen LogP) is 2.58. The molecular formula is C14H21ClN2O. The van der Waals surface area contributed by atoms with Gasteiger partial charge in [0.25, 0.3) is 0 Å². The molecule has 1 aromatic rings. The van der Waals surface area contributed by atoms with E-state index in [9.17, 15) is 0 Å². The zero-order chi connectivity index (χ0) is 13.3. The average molecular weight is 269 g/mol. The molecule has 100 valence electrons. The zero-order valence-corrected chi connectivity index (χ0v) is 12.0. The third-order valence-corrected chi connectivity index (χ3v) is 3.66. The number of ether oxygens (including phenoxy) is 1. The Morgan fingerprint density at radius 3 is 2.67 bits per heavy atom. The first kappa shape index (κ1) is 13.7. The molecule has 0 saturated heterocycles. The zero-order valence-electron chi connectivity index (χ0n) is 11.3. The van der Waals surface area contributed by atoms with Crippen LogP contribution in [0.3, 0.4) is 0 Å². The van der Waals surface area contributed by atoms with Crippen LogP contribution in [0.1, 0.15) is 24.0 Å². The van der Waals surface area contributed by atoms with Crippen LogP contribution in [-0.2, 0) is 6.54 Å². The second-order valence-corrected chi connectivity index (χ2v) is 5.89. The van der Waals surface area contributed by atoms with Crippen molar-refractivity contribution in [2.45, 2.75) is 31.8 Å². The van der Waals surface area contributed by atoms with Crippen molar-refractivity contribution in [3.8, 4) is 5.75 Å². The number of halogens is 1. The second-order valence-electron chi connectivity index (χ2n) is 5.45. The molecule has 0 radical (unpaired) electrons. The summed E-state index contributed by atoms with van der Waals surface area (Å²) in [5.74, 6) is 0.924. The van der Waals surface area contributed by atoms with Crippen molar-refractivity contribution in [3.63, 3.8) is 0 Å². The Balaban J connectivity index is 2.12. The molecule has 1 aromatic carbocycles. The largest absolute Gasteiger partial charge is 0.496 e. The third-order valence-electron chi connectivity index (χ3n) is 3.44. The van der Waals surface area contributed by atoms with Crippen LogP contribution < -0.4 is 10.5 Å². The molecule has 18 heavy (non-hydrogen) atoms. The van der Waals surface area contributed by atoms with Gasteiger partial charge in [0, 0.05) is 29.2 Å². The maximum absolute atomic E-state index is 6.13. The van der Waals surface area contributed by atoms with E-state index in [1.165, 1.54) is 0 Å². The monoisotopic (exact) mass is 268 g/mol. The van der Waals surface area contributed by atoms with Gasteiger partial charge in [-0.05, 0) is 44.5 Å². The van der Waals surface area contributed by atoms with E-state index in [-0.39, 0.29) is 5.54 Å². The molecule has 0 aromatic heterocycles. The fourth-order valence-corrected chi connectivity index (χ4v) is 2.71. The van der Waals surface area contributed by atoms with E-state index in [0.717, 1.165) is 47.8 Å². The van der Waals surface area contributed by atoms with Crippen LogP contribution in [0.5, 0.6) is 5.75 Å². The molecule has 4 heteroatoms. The van der Waals surface area contributed by atoms with E-state index in [0.29, 0.717) is 0 Å². The van der Waals surface area contributed by atoms with Crippen LogP contribution in [0.2, 0.25) is 5.02 Å². The van der Waals surface area contributed by atoms with E-state index < -0.39 is 0 Å². The Kier molecular flexibility index (Phi) is 3.85. The number of nitrogens with two attached hydrogens (primary N) is 1. The lowest BCUT2D eigenvalue weighted by Gasteiger charge is -2.22. The number of nitrogens with zero attached hydrogens (tertiary/aromatic N) is 1. The number of rotatable bonds is 5. The summed E-state index contributed by atoms with van der Waals surface area (Å²) in [6, 6.07) is 3.90. The molecule has 1 aliphatic carbocycles. The standard InChI is InChI=1S/C14H21ClN2O/c1-10-6-12(15)7-11(13(10)18-3)8-17(2)9-14(16)4-5-14/h6-7H,4-5,8-9,16H2,1-3H3. The minimum atomic E-state index is 0.0373. The molecule has 0 unspecified atom stereocenters. The van der Waals surface area contributed by atoms with E-state index in [4.69, 9.17) is 22.1 Å². The minimum absolute atomic E-state index is 0.0373. The van der Waals surface area contributed by atoms with Crippen LogP contribution in [0.15, 0.2) is 12.1 Å². The molecule has 2 rings (SSSR count). The summed E-state index contributed by atoms with van der Waals surface area (Å²) in [6.45, 7) is 3.74. The summed E-state index contributed by atoms with van der Waals surface area (Å²) < 4.78 is 5.46. The first-order chi connectivity index (χ1) is 8.43. The lowest BCUT2D eigenvalue weighted by molar-refractivity contribution is 0.289. The van der Waals surface area contributed by atoms with Crippen molar-refractivity contribution in [2.24, 2.45) is 5.73 Å². The number of likely N-dealkylation sites (N-methyl/N-ethyl adjacent to an activating group) is 1. The average Bonchev–Trinajstić information content (AvgIpc) is 2.94. The molecule has 0 amide bonds. The molecule has 0 spiro atoms. The third kappa shape index (κ3) is 3.16. The fraction of sp³-hybridized carbons (Fsp3) is 0.571. The van der Waals surface area contributed by atoms with Crippen molar-refractivity contribution in [1.82, 2.24) is 4.90 Å². The van der Waals surface area contributed by atoms with Crippen molar-refractivity contribution < 1.29 is 4.74 Å². The molecule has 3 nitrogen and oxygen atoms in total. The fourth-order valence-electron chi connectivity index (χ4n) is 2.41. The van der Waals surface area contributed by atoms with E-state index in [1.54, 1.807) is 7.11 Å². The van der Waals surface area contributed by atoms with Crippen molar-refractivity contribution >= 4 is 11.6 Å².